The number of aromatic nitrogens is 2. The molecule has 0 fully saturated rings. The van der Waals surface area contributed by atoms with Crippen LogP contribution in [0.1, 0.15) is 0 Å². The van der Waals surface area contributed by atoms with Crippen LogP contribution in [0.25, 0.3) is 32.7 Å². The summed E-state index contributed by atoms with van der Waals surface area (Å²) in [6, 6.07) is 7.54. The lowest BCUT2D eigenvalue weighted by Gasteiger charge is -2.13. The van der Waals surface area contributed by atoms with Crippen LogP contribution in [0.4, 0.5) is 0 Å². The number of nitrogens with zero attached hydrogens (tertiary/aromatic N) is 1. The number of hydrogen-bond donors (Lipinski definition) is 1. The molecule has 2 aromatic heterocycles. The number of rotatable bonds is 3. The molecule has 0 radical (unpaired) electrons. The van der Waals surface area contributed by atoms with Gasteiger partial charge in [0.25, 0.3) is 0 Å². The molecule has 6 heteroatoms. The summed E-state index contributed by atoms with van der Waals surface area (Å²) in [5.41, 5.74) is 2.70. The Morgan fingerprint density at radius 1 is 0.958 bits per heavy atom. The molecule has 0 spiro atoms. The van der Waals surface area contributed by atoms with Crippen LogP contribution < -0.4 is 14.2 Å². The number of benzene rings is 2. The highest BCUT2D eigenvalue weighted by molar-refractivity contribution is 6.32. The van der Waals surface area contributed by atoms with E-state index in [1.165, 1.54) is 0 Å². The van der Waals surface area contributed by atoms with Gasteiger partial charge in [-0.15, -0.1) is 0 Å². The van der Waals surface area contributed by atoms with Crippen molar-refractivity contribution in [3.8, 4) is 17.2 Å². The lowest BCUT2D eigenvalue weighted by Crippen LogP contribution is -1.95. The number of ether oxygens (including phenoxy) is 3. The summed E-state index contributed by atoms with van der Waals surface area (Å²) in [7, 11) is 4.80. The van der Waals surface area contributed by atoms with Crippen LogP contribution >= 0.6 is 11.6 Å². The second kappa shape index (κ2) is 5.46. The van der Waals surface area contributed by atoms with Crippen LogP contribution in [0.5, 0.6) is 17.2 Å². The molecular weight excluding hydrogens is 328 g/mol. The van der Waals surface area contributed by atoms with Gasteiger partial charge in [0.05, 0.1) is 43.3 Å². The molecule has 0 unspecified atom stereocenters. The first-order chi connectivity index (χ1) is 11.7. The first-order valence-corrected chi connectivity index (χ1v) is 7.74. The number of aromatic amines is 1. The van der Waals surface area contributed by atoms with E-state index in [4.69, 9.17) is 25.8 Å². The highest BCUT2D eigenvalue weighted by atomic mass is 35.5. The van der Waals surface area contributed by atoms with Gasteiger partial charge < -0.3 is 19.2 Å². The Labute approximate surface area is 143 Å². The van der Waals surface area contributed by atoms with Crippen molar-refractivity contribution in [2.45, 2.75) is 0 Å². The lowest BCUT2D eigenvalue weighted by molar-refractivity contribution is 0.327. The largest absolute Gasteiger partial charge is 0.493 e. The average molecular weight is 343 g/mol. The van der Waals surface area contributed by atoms with E-state index in [1.54, 1.807) is 21.3 Å². The van der Waals surface area contributed by atoms with Crippen molar-refractivity contribution < 1.29 is 14.2 Å². The van der Waals surface area contributed by atoms with Crippen LogP contribution in [0.2, 0.25) is 5.02 Å². The molecule has 4 aromatic rings. The van der Waals surface area contributed by atoms with Gasteiger partial charge in [0, 0.05) is 28.1 Å². The van der Waals surface area contributed by atoms with E-state index in [0.717, 1.165) is 32.7 Å². The second-order valence-corrected chi connectivity index (χ2v) is 5.84. The van der Waals surface area contributed by atoms with Gasteiger partial charge in [-0.2, -0.15) is 0 Å². The number of methoxy groups -OCH3 is 3. The van der Waals surface area contributed by atoms with E-state index in [1.807, 2.05) is 30.5 Å². The predicted molar refractivity (Wildman–Crippen MR) is 95.8 cm³/mol. The van der Waals surface area contributed by atoms with E-state index in [2.05, 4.69) is 9.97 Å². The Hall–Kier alpha value is -2.66. The highest BCUT2D eigenvalue weighted by Crippen LogP contribution is 2.46. The normalized spacial score (nSPS) is 11.3. The van der Waals surface area contributed by atoms with E-state index >= 15 is 0 Å². The van der Waals surface area contributed by atoms with Gasteiger partial charge in [0.2, 0.25) is 5.75 Å². The fourth-order valence-corrected chi connectivity index (χ4v) is 3.32. The summed E-state index contributed by atoms with van der Waals surface area (Å²) in [6.45, 7) is 0. The first kappa shape index (κ1) is 14.9. The molecule has 0 aliphatic carbocycles. The molecule has 0 bridgehead atoms. The molecule has 122 valence electrons. The number of nitrogens with one attached hydrogen (secondary N) is 1. The smallest absolute Gasteiger partial charge is 0.204 e. The maximum Gasteiger partial charge on any atom is 0.204 e. The molecule has 1 N–H and O–H groups in total. The summed E-state index contributed by atoms with van der Waals surface area (Å²) < 4.78 is 16.5. The molecule has 0 aliphatic heterocycles. The molecule has 2 heterocycles. The van der Waals surface area contributed by atoms with Crippen molar-refractivity contribution in [1.82, 2.24) is 9.97 Å². The third-order valence-electron chi connectivity index (χ3n) is 4.19. The van der Waals surface area contributed by atoms with Crippen molar-refractivity contribution in [1.29, 1.82) is 0 Å². The van der Waals surface area contributed by atoms with Crippen molar-refractivity contribution in [3.63, 3.8) is 0 Å². The van der Waals surface area contributed by atoms with Crippen LogP contribution in [-0.4, -0.2) is 31.3 Å². The Bertz CT molecular complexity index is 1090. The average Bonchev–Trinajstić information content (AvgIpc) is 2.98. The van der Waals surface area contributed by atoms with Gasteiger partial charge >= 0.3 is 0 Å². The van der Waals surface area contributed by atoms with Crippen molar-refractivity contribution in [3.05, 3.63) is 35.5 Å². The summed E-state index contributed by atoms with van der Waals surface area (Å²) in [5, 5.41) is 3.46. The van der Waals surface area contributed by atoms with E-state index in [-0.39, 0.29) is 0 Å². The lowest BCUT2D eigenvalue weighted by atomic mass is 10.1. The number of hydrogen-bond acceptors (Lipinski definition) is 4. The number of halogens is 1. The van der Waals surface area contributed by atoms with Crippen molar-refractivity contribution in [2.75, 3.05) is 21.3 Å². The predicted octanol–water partition coefficient (Wildman–Crippen LogP) is 4.55. The molecular formula is C18H15ClN2O3. The monoisotopic (exact) mass is 342 g/mol. The zero-order chi connectivity index (χ0) is 16.8. The van der Waals surface area contributed by atoms with E-state index < -0.39 is 0 Å². The van der Waals surface area contributed by atoms with Crippen LogP contribution in [0, 0.1) is 0 Å². The third-order valence-corrected chi connectivity index (χ3v) is 4.42. The number of pyridine rings is 1. The minimum Gasteiger partial charge on any atom is -0.493 e. The van der Waals surface area contributed by atoms with E-state index in [9.17, 15) is 0 Å². The minimum absolute atomic E-state index is 0.555. The van der Waals surface area contributed by atoms with Crippen molar-refractivity contribution in [2.24, 2.45) is 0 Å². The topological polar surface area (TPSA) is 56.4 Å². The Morgan fingerprint density at radius 3 is 2.46 bits per heavy atom. The summed E-state index contributed by atoms with van der Waals surface area (Å²) in [6.07, 6.45) is 1.83. The zero-order valence-corrected chi connectivity index (χ0v) is 14.2. The molecule has 24 heavy (non-hydrogen) atoms. The van der Waals surface area contributed by atoms with Gasteiger partial charge in [-0.05, 0) is 18.2 Å². The molecule has 0 amide bonds. The molecule has 0 saturated heterocycles. The fraction of sp³-hybridized carbons (Fsp3) is 0.167. The highest BCUT2D eigenvalue weighted by Gasteiger charge is 2.20. The summed E-state index contributed by atoms with van der Waals surface area (Å²) in [4.78, 5) is 7.97. The van der Waals surface area contributed by atoms with E-state index in [0.29, 0.717) is 22.3 Å². The van der Waals surface area contributed by atoms with Crippen LogP contribution in [0.3, 0.4) is 0 Å². The molecule has 4 rings (SSSR count). The molecule has 2 aromatic carbocycles. The van der Waals surface area contributed by atoms with Gasteiger partial charge in [-0.3, -0.25) is 4.98 Å². The first-order valence-electron chi connectivity index (χ1n) is 7.36. The van der Waals surface area contributed by atoms with Gasteiger partial charge in [-0.25, -0.2) is 0 Å². The second-order valence-electron chi connectivity index (χ2n) is 5.40. The van der Waals surface area contributed by atoms with Crippen LogP contribution in [0.15, 0.2) is 30.5 Å². The summed E-state index contributed by atoms with van der Waals surface area (Å²) in [5.74, 6) is 1.77. The molecule has 0 aliphatic rings. The minimum atomic E-state index is 0.555. The van der Waals surface area contributed by atoms with Crippen LogP contribution in [-0.2, 0) is 0 Å². The number of fused-ring (bicyclic) bond motifs is 5. The standard InChI is InChI=1S/C18H15ClN2O3/c1-22-14-7-13-15(18(24-3)17(14)23-2)11-8-20-12-5-4-9(19)6-10(12)16(11)21-13/h4-8,21H,1-3H3. The quantitative estimate of drug-likeness (QED) is 0.593. The maximum absolute atomic E-state index is 6.17. The zero-order valence-electron chi connectivity index (χ0n) is 13.4. The fourth-order valence-electron chi connectivity index (χ4n) is 3.15. The third kappa shape index (κ3) is 1.98. The molecule has 5 nitrogen and oxygen atoms in total. The number of H-pyrrole nitrogens is 1. The molecule has 0 saturated carbocycles. The Kier molecular flexibility index (Phi) is 3.39. The SMILES string of the molecule is COc1cc2[nH]c3c4cc(Cl)ccc4ncc3c2c(OC)c1OC. The Balaban J connectivity index is 2.22. The summed E-state index contributed by atoms with van der Waals surface area (Å²) >= 11 is 6.17. The van der Waals surface area contributed by atoms with Gasteiger partial charge in [-0.1, -0.05) is 11.6 Å². The van der Waals surface area contributed by atoms with Crippen molar-refractivity contribution >= 4 is 44.3 Å². The maximum atomic E-state index is 6.17. The van der Waals surface area contributed by atoms with Gasteiger partial charge in [0.1, 0.15) is 0 Å². The molecule has 0 atom stereocenters. The Morgan fingerprint density at radius 2 is 1.75 bits per heavy atom. The van der Waals surface area contributed by atoms with Gasteiger partial charge in [0.15, 0.2) is 11.5 Å².